The van der Waals surface area contributed by atoms with Crippen LogP contribution in [0.15, 0.2) is 52.9 Å². The zero-order valence-corrected chi connectivity index (χ0v) is 15.7. The van der Waals surface area contributed by atoms with Gasteiger partial charge in [-0.2, -0.15) is 4.98 Å². The van der Waals surface area contributed by atoms with Crippen LogP contribution in [0, 0.1) is 5.92 Å². The van der Waals surface area contributed by atoms with Crippen LogP contribution in [0.2, 0.25) is 0 Å². The summed E-state index contributed by atoms with van der Waals surface area (Å²) in [6.07, 6.45) is 3.46. The number of likely N-dealkylation sites (N-methyl/N-ethyl adjacent to an activating group) is 1. The number of hydrogen-bond acceptors (Lipinski definition) is 5. The number of piperidine rings is 1. The van der Waals surface area contributed by atoms with Gasteiger partial charge in [0, 0.05) is 26.1 Å². The van der Waals surface area contributed by atoms with Crippen molar-refractivity contribution in [2.24, 2.45) is 5.92 Å². The summed E-state index contributed by atoms with van der Waals surface area (Å²) in [5, 5.41) is 0. The van der Waals surface area contributed by atoms with Gasteiger partial charge in [-0.15, -0.1) is 0 Å². The lowest BCUT2D eigenvalue weighted by molar-refractivity contribution is 0.0489. The smallest absolute Gasteiger partial charge is 0.298 e. The van der Waals surface area contributed by atoms with Crippen molar-refractivity contribution >= 4 is 17.1 Å². The van der Waals surface area contributed by atoms with E-state index in [-0.39, 0.29) is 6.23 Å². The van der Waals surface area contributed by atoms with Crippen molar-refractivity contribution in [1.82, 2.24) is 9.88 Å². The fraction of sp³-hybridized carbons (Fsp3) is 0.409. The van der Waals surface area contributed by atoms with Gasteiger partial charge in [-0.3, -0.25) is 4.90 Å². The summed E-state index contributed by atoms with van der Waals surface area (Å²) in [6.45, 7) is 3.06. The first-order chi connectivity index (χ1) is 13.3. The highest BCUT2D eigenvalue weighted by atomic mass is 16.5. The van der Waals surface area contributed by atoms with Crippen LogP contribution in [0.5, 0.6) is 5.75 Å². The van der Waals surface area contributed by atoms with Gasteiger partial charge in [0.1, 0.15) is 11.3 Å². The van der Waals surface area contributed by atoms with Gasteiger partial charge in [0.2, 0.25) is 0 Å². The Morgan fingerprint density at radius 3 is 2.67 bits per heavy atom. The second-order valence-corrected chi connectivity index (χ2v) is 7.72. The molecule has 1 saturated heterocycles. The van der Waals surface area contributed by atoms with E-state index >= 15 is 0 Å². The summed E-state index contributed by atoms with van der Waals surface area (Å²) >= 11 is 0. The molecule has 140 valence electrons. The standard InChI is InChI=1S/C22H25N3O2/c1-24(21-14-17-6-2-4-8-19(17)26-21)15-16-10-12-25(13-11-16)22-23-18-7-3-5-9-20(18)27-22/h2-9,16,21H,10-15H2,1H3. The summed E-state index contributed by atoms with van der Waals surface area (Å²) in [4.78, 5) is 9.29. The second kappa shape index (κ2) is 6.89. The Kier molecular flexibility index (Phi) is 4.24. The van der Waals surface area contributed by atoms with Crippen LogP contribution < -0.4 is 9.64 Å². The summed E-state index contributed by atoms with van der Waals surface area (Å²) in [5.41, 5.74) is 3.12. The fourth-order valence-corrected chi connectivity index (χ4v) is 4.24. The predicted octanol–water partition coefficient (Wildman–Crippen LogP) is 3.94. The molecule has 5 nitrogen and oxygen atoms in total. The molecule has 3 heterocycles. The molecule has 3 aromatic rings. The van der Waals surface area contributed by atoms with Gasteiger partial charge in [0.15, 0.2) is 11.8 Å². The lowest BCUT2D eigenvalue weighted by Crippen LogP contribution is -2.42. The second-order valence-electron chi connectivity index (χ2n) is 7.72. The molecule has 0 radical (unpaired) electrons. The van der Waals surface area contributed by atoms with E-state index < -0.39 is 0 Å². The molecule has 2 aliphatic rings. The topological polar surface area (TPSA) is 41.7 Å². The molecular formula is C22H25N3O2. The number of rotatable bonds is 4. The summed E-state index contributed by atoms with van der Waals surface area (Å²) in [5.74, 6) is 1.73. The predicted molar refractivity (Wildman–Crippen MR) is 106 cm³/mol. The van der Waals surface area contributed by atoms with E-state index in [9.17, 15) is 0 Å². The first kappa shape index (κ1) is 16.6. The maximum Gasteiger partial charge on any atom is 0.298 e. The summed E-state index contributed by atoms with van der Waals surface area (Å²) in [6, 6.07) is 17.1. The van der Waals surface area contributed by atoms with Crippen molar-refractivity contribution in [1.29, 1.82) is 0 Å². The molecule has 27 heavy (non-hydrogen) atoms. The number of fused-ring (bicyclic) bond motifs is 2. The zero-order valence-electron chi connectivity index (χ0n) is 15.7. The van der Waals surface area contributed by atoms with Gasteiger partial charge in [-0.1, -0.05) is 30.3 Å². The Balaban J connectivity index is 1.16. The van der Waals surface area contributed by atoms with Crippen LogP contribution in [0.25, 0.3) is 11.1 Å². The Bertz CT molecular complexity index is 872. The van der Waals surface area contributed by atoms with Crippen molar-refractivity contribution in [3.63, 3.8) is 0 Å². The van der Waals surface area contributed by atoms with E-state index in [1.807, 2.05) is 30.3 Å². The van der Waals surface area contributed by atoms with E-state index in [0.29, 0.717) is 5.92 Å². The molecule has 0 aliphatic carbocycles. The Morgan fingerprint density at radius 2 is 1.85 bits per heavy atom. The highest BCUT2D eigenvalue weighted by Crippen LogP contribution is 2.31. The third-order valence-electron chi connectivity index (χ3n) is 5.84. The lowest BCUT2D eigenvalue weighted by atomic mass is 9.96. The first-order valence-electron chi connectivity index (χ1n) is 9.81. The van der Waals surface area contributed by atoms with Crippen LogP contribution in [0.3, 0.4) is 0 Å². The largest absolute Gasteiger partial charge is 0.474 e. The van der Waals surface area contributed by atoms with Gasteiger partial charge in [0.25, 0.3) is 6.01 Å². The van der Waals surface area contributed by atoms with Crippen LogP contribution in [0.1, 0.15) is 18.4 Å². The molecule has 0 bridgehead atoms. The van der Waals surface area contributed by atoms with Gasteiger partial charge in [0.05, 0.1) is 0 Å². The van der Waals surface area contributed by atoms with Crippen LogP contribution in [-0.4, -0.2) is 42.8 Å². The van der Waals surface area contributed by atoms with Crippen molar-refractivity contribution in [2.75, 3.05) is 31.6 Å². The maximum absolute atomic E-state index is 6.12. The van der Waals surface area contributed by atoms with E-state index in [1.165, 1.54) is 5.56 Å². The minimum absolute atomic E-state index is 0.164. The van der Waals surface area contributed by atoms with Crippen molar-refractivity contribution < 1.29 is 9.15 Å². The fourth-order valence-electron chi connectivity index (χ4n) is 4.24. The van der Waals surface area contributed by atoms with Crippen LogP contribution >= 0.6 is 0 Å². The maximum atomic E-state index is 6.12. The van der Waals surface area contributed by atoms with Crippen molar-refractivity contribution in [2.45, 2.75) is 25.5 Å². The molecule has 1 aromatic heterocycles. The van der Waals surface area contributed by atoms with Crippen molar-refractivity contribution in [3.05, 3.63) is 54.1 Å². The Labute approximate surface area is 159 Å². The summed E-state index contributed by atoms with van der Waals surface area (Å²) < 4.78 is 12.1. The van der Waals surface area contributed by atoms with Crippen LogP contribution in [0.4, 0.5) is 6.01 Å². The molecule has 1 unspecified atom stereocenters. The van der Waals surface area contributed by atoms with E-state index in [0.717, 1.165) is 61.8 Å². The SMILES string of the molecule is CN(CC1CCN(c2nc3ccccc3o2)CC1)C1Cc2ccccc2O1. The van der Waals surface area contributed by atoms with Crippen LogP contribution in [-0.2, 0) is 6.42 Å². The van der Waals surface area contributed by atoms with Gasteiger partial charge in [-0.05, 0) is 49.6 Å². The normalized spacial score (nSPS) is 20.2. The molecule has 5 rings (SSSR count). The molecule has 0 amide bonds. The molecule has 2 aromatic carbocycles. The first-order valence-corrected chi connectivity index (χ1v) is 9.81. The van der Waals surface area contributed by atoms with Gasteiger partial charge < -0.3 is 14.1 Å². The lowest BCUT2D eigenvalue weighted by Gasteiger charge is -2.34. The van der Waals surface area contributed by atoms with E-state index in [4.69, 9.17) is 9.15 Å². The molecule has 2 aliphatic heterocycles. The number of hydrogen-bond donors (Lipinski definition) is 0. The monoisotopic (exact) mass is 363 g/mol. The highest BCUT2D eigenvalue weighted by Gasteiger charge is 2.29. The molecule has 1 atom stereocenters. The number of aromatic nitrogens is 1. The molecule has 0 saturated carbocycles. The van der Waals surface area contributed by atoms with E-state index in [2.05, 4.69) is 40.0 Å². The number of ether oxygens (including phenoxy) is 1. The number of nitrogens with zero attached hydrogens (tertiary/aromatic N) is 3. The molecule has 1 fully saturated rings. The molecular weight excluding hydrogens is 338 g/mol. The minimum Gasteiger partial charge on any atom is -0.474 e. The average Bonchev–Trinajstić information content (AvgIpc) is 3.32. The minimum atomic E-state index is 0.164. The third-order valence-corrected chi connectivity index (χ3v) is 5.84. The van der Waals surface area contributed by atoms with Crippen molar-refractivity contribution in [3.8, 4) is 5.75 Å². The Morgan fingerprint density at radius 1 is 1.07 bits per heavy atom. The Hall–Kier alpha value is -2.53. The number of oxazole rings is 1. The number of anilines is 1. The third kappa shape index (κ3) is 3.28. The molecule has 0 N–H and O–H groups in total. The summed E-state index contributed by atoms with van der Waals surface area (Å²) in [7, 11) is 2.18. The number of benzene rings is 2. The van der Waals surface area contributed by atoms with Gasteiger partial charge in [-0.25, -0.2) is 0 Å². The molecule has 0 spiro atoms. The molecule has 5 heteroatoms. The average molecular weight is 363 g/mol. The number of para-hydroxylation sites is 3. The van der Waals surface area contributed by atoms with E-state index in [1.54, 1.807) is 0 Å². The highest BCUT2D eigenvalue weighted by molar-refractivity contribution is 5.74. The quantitative estimate of drug-likeness (QED) is 0.702. The zero-order chi connectivity index (χ0) is 18.2. The van der Waals surface area contributed by atoms with Gasteiger partial charge >= 0.3 is 0 Å².